The maximum atomic E-state index is 12.2. The van der Waals surface area contributed by atoms with E-state index in [2.05, 4.69) is 10.6 Å². The summed E-state index contributed by atoms with van der Waals surface area (Å²) in [5, 5.41) is 15.2. The van der Waals surface area contributed by atoms with Gasteiger partial charge >= 0.3 is 5.97 Å². The Bertz CT molecular complexity index is 890. The molecule has 0 saturated heterocycles. The Balaban J connectivity index is 1.60. The van der Waals surface area contributed by atoms with E-state index >= 15 is 0 Å². The van der Waals surface area contributed by atoms with Gasteiger partial charge in [0.2, 0.25) is 0 Å². The highest BCUT2D eigenvalue weighted by atomic mass is 16.5. The highest BCUT2D eigenvalue weighted by Gasteiger charge is 2.25. The Hall–Kier alpha value is -3.35. The quantitative estimate of drug-likeness (QED) is 0.679. The molecule has 1 saturated carbocycles. The van der Waals surface area contributed by atoms with E-state index in [0.29, 0.717) is 11.3 Å². The van der Waals surface area contributed by atoms with Gasteiger partial charge in [0.05, 0.1) is 11.3 Å². The van der Waals surface area contributed by atoms with Gasteiger partial charge in [-0.25, -0.2) is 4.79 Å². The van der Waals surface area contributed by atoms with Crippen molar-refractivity contribution in [2.75, 3.05) is 11.9 Å². The molecule has 0 radical (unpaired) electrons. The molecule has 0 unspecified atom stereocenters. The molecule has 140 valence electrons. The molecule has 0 aliphatic heterocycles. The van der Waals surface area contributed by atoms with E-state index in [9.17, 15) is 19.5 Å². The largest absolute Gasteiger partial charge is 0.507 e. The van der Waals surface area contributed by atoms with Crippen LogP contribution in [0.4, 0.5) is 5.69 Å². The fourth-order valence-corrected chi connectivity index (χ4v) is 2.49. The summed E-state index contributed by atoms with van der Waals surface area (Å²) in [5.41, 5.74) is 1.46. The Labute approximate surface area is 156 Å². The Kier molecular flexibility index (Phi) is 5.40. The number of benzene rings is 2. The number of ether oxygens (including phenoxy) is 1. The van der Waals surface area contributed by atoms with Gasteiger partial charge in [-0.2, -0.15) is 0 Å². The number of para-hydroxylation sites is 1. The van der Waals surface area contributed by atoms with Crippen molar-refractivity contribution in [3.05, 3.63) is 59.2 Å². The zero-order valence-corrected chi connectivity index (χ0v) is 14.8. The SMILES string of the molecule is Cc1ccc(O)c(C(=O)OCC(=O)Nc2ccccc2C(=O)NC2CC2)c1. The van der Waals surface area contributed by atoms with Gasteiger partial charge in [0.15, 0.2) is 6.61 Å². The van der Waals surface area contributed by atoms with Gasteiger partial charge in [-0.1, -0.05) is 23.8 Å². The lowest BCUT2D eigenvalue weighted by molar-refractivity contribution is -0.119. The third-order valence-corrected chi connectivity index (χ3v) is 4.06. The molecule has 0 atom stereocenters. The summed E-state index contributed by atoms with van der Waals surface area (Å²) in [6.45, 7) is 1.23. The average Bonchev–Trinajstić information content (AvgIpc) is 3.46. The maximum absolute atomic E-state index is 12.2. The second-order valence-corrected chi connectivity index (χ2v) is 6.44. The number of phenols is 1. The molecule has 2 amide bonds. The average molecular weight is 368 g/mol. The van der Waals surface area contributed by atoms with Gasteiger partial charge in [0, 0.05) is 6.04 Å². The first-order valence-electron chi connectivity index (χ1n) is 8.60. The smallest absolute Gasteiger partial charge is 0.342 e. The summed E-state index contributed by atoms with van der Waals surface area (Å²) in [4.78, 5) is 36.4. The zero-order valence-electron chi connectivity index (χ0n) is 14.8. The van der Waals surface area contributed by atoms with Crippen LogP contribution in [0.25, 0.3) is 0 Å². The Morgan fingerprint density at radius 2 is 1.85 bits per heavy atom. The molecule has 1 aliphatic rings. The summed E-state index contributed by atoms with van der Waals surface area (Å²) in [7, 11) is 0. The van der Waals surface area contributed by atoms with Crippen molar-refractivity contribution in [3.63, 3.8) is 0 Å². The number of esters is 1. The number of amides is 2. The van der Waals surface area contributed by atoms with Crippen LogP contribution in [0.5, 0.6) is 5.75 Å². The fourth-order valence-electron chi connectivity index (χ4n) is 2.49. The van der Waals surface area contributed by atoms with E-state index < -0.39 is 18.5 Å². The summed E-state index contributed by atoms with van der Waals surface area (Å²) in [5.74, 6) is -1.85. The second kappa shape index (κ2) is 7.90. The standard InChI is InChI=1S/C20H20N2O5/c1-12-6-9-17(23)15(10-12)20(26)27-11-18(24)22-16-5-3-2-4-14(16)19(25)21-13-7-8-13/h2-6,9-10,13,23H,7-8,11H2,1H3,(H,21,25)(H,22,24). The lowest BCUT2D eigenvalue weighted by Gasteiger charge is -2.11. The molecule has 0 aromatic heterocycles. The highest BCUT2D eigenvalue weighted by Crippen LogP contribution is 2.22. The molecule has 0 bridgehead atoms. The van der Waals surface area contributed by atoms with Gasteiger partial charge in [0.25, 0.3) is 11.8 Å². The predicted octanol–water partition coefficient (Wildman–Crippen LogP) is 2.39. The van der Waals surface area contributed by atoms with E-state index in [1.165, 1.54) is 12.1 Å². The van der Waals surface area contributed by atoms with E-state index in [4.69, 9.17) is 4.74 Å². The number of aryl methyl sites for hydroxylation is 1. The predicted molar refractivity (Wildman–Crippen MR) is 98.7 cm³/mol. The van der Waals surface area contributed by atoms with Crippen molar-refractivity contribution in [1.29, 1.82) is 0 Å². The molecule has 1 aliphatic carbocycles. The molecule has 0 spiro atoms. The van der Waals surface area contributed by atoms with Crippen LogP contribution in [0.3, 0.4) is 0 Å². The Morgan fingerprint density at radius 1 is 1.11 bits per heavy atom. The number of aromatic hydroxyl groups is 1. The van der Waals surface area contributed by atoms with Crippen LogP contribution in [-0.2, 0) is 9.53 Å². The molecule has 1 fully saturated rings. The minimum atomic E-state index is -0.800. The Morgan fingerprint density at radius 3 is 2.59 bits per heavy atom. The molecule has 3 N–H and O–H groups in total. The molecular weight excluding hydrogens is 348 g/mol. The van der Waals surface area contributed by atoms with Crippen molar-refractivity contribution in [2.24, 2.45) is 0 Å². The number of phenolic OH excluding ortho intramolecular Hbond substituents is 1. The summed E-state index contributed by atoms with van der Waals surface area (Å²) < 4.78 is 4.96. The van der Waals surface area contributed by atoms with E-state index in [1.807, 2.05) is 0 Å². The van der Waals surface area contributed by atoms with Crippen LogP contribution in [0.15, 0.2) is 42.5 Å². The molecule has 0 heterocycles. The molecule has 2 aromatic carbocycles. The lowest BCUT2D eigenvalue weighted by Crippen LogP contribution is -2.28. The molecule has 7 nitrogen and oxygen atoms in total. The number of rotatable bonds is 6. The van der Waals surface area contributed by atoms with E-state index in [1.54, 1.807) is 37.3 Å². The van der Waals surface area contributed by atoms with Gasteiger partial charge in [-0.3, -0.25) is 9.59 Å². The first kappa shape index (κ1) is 18.4. The molecule has 3 rings (SSSR count). The maximum Gasteiger partial charge on any atom is 0.342 e. The first-order chi connectivity index (χ1) is 12.9. The summed E-state index contributed by atoms with van der Waals surface area (Å²) in [6, 6.07) is 11.3. The summed E-state index contributed by atoms with van der Waals surface area (Å²) >= 11 is 0. The summed E-state index contributed by atoms with van der Waals surface area (Å²) in [6.07, 6.45) is 1.92. The molecule has 27 heavy (non-hydrogen) atoms. The second-order valence-electron chi connectivity index (χ2n) is 6.44. The van der Waals surface area contributed by atoms with Crippen LogP contribution in [0.1, 0.15) is 39.1 Å². The number of carbonyl (C=O) groups excluding carboxylic acids is 3. The van der Waals surface area contributed by atoms with Crippen LogP contribution < -0.4 is 10.6 Å². The first-order valence-corrected chi connectivity index (χ1v) is 8.60. The van der Waals surface area contributed by atoms with Crippen LogP contribution in [0, 0.1) is 6.92 Å². The van der Waals surface area contributed by atoms with Crippen LogP contribution >= 0.6 is 0 Å². The third-order valence-electron chi connectivity index (χ3n) is 4.06. The van der Waals surface area contributed by atoms with Crippen molar-refractivity contribution in [2.45, 2.75) is 25.8 Å². The van der Waals surface area contributed by atoms with Crippen LogP contribution in [-0.4, -0.2) is 35.5 Å². The third kappa shape index (κ3) is 4.84. The van der Waals surface area contributed by atoms with Gasteiger partial charge in [-0.15, -0.1) is 0 Å². The number of hydrogen-bond acceptors (Lipinski definition) is 5. The number of carbonyl (C=O) groups is 3. The minimum absolute atomic E-state index is 0.00740. The van der Waals surface area contributed by atoms with E-state index in [0.717, 1.165) is 18.4 Å². The van der Waals surface area contributed by atoms with Crippen molar-refractivity contribution in [3.8, 4) is 5.75 Å². The van der Waals surface area contributed by atoms with Gasteiger partial charge in [0.1, 0.15) is 11.3 Å². The fraction of sp³-hybridized carbons (Fsp3) is 0.250. The highest BCUT2D eigenvalue weighted by molar-refractivity contribution is 6.04. The minimum Gasteiger partial charge on any atom is -0.507 e. The zero-order chi connectivity index (χ0) is 19.4. The number of nitrogens with one attached hydrogen (secondary N) is 2. The van der Waals surface area contributed by atoms with Gasteiger partial charge in [-0.05, 0) is 44.0 Å². The normalized spacial score (nSPS) is 12.9. The lowest BCUT2D eigenvalue weighted by atomic mass is 10.1. The van der Waals surface area contributed by atoms with Crippen molar-refractivity contribution < 1.29 is 24.2 Å². The molecule has 7 heteroatoms. The molecular formula is C20H20N2O5. The van der Waals surface area contributed by atoms with E-state index in [-0.39, 0.29) is 23.3 Å². The van der Waals surface area contributed by atoms with Crippen molar-refractivity contribution in [1.82, 2.24) is 5.32 Å². The number of hydrogen-bond donors (Lipinski definition) is 3. The monoisotopic (exact) mass is 368 g/mol. The topological polar surface area (TPSA) is 105 Å². The molecule has 2 aromatic rings. The van der Waals surface area contributed by atoms with Gasteiger partial charge < -0.3 is 20.5 Å². The van der Waals surface area contributed by atoms with Crippen LogP contribution in [0.2, 0.25) is 0 Å². The number of anilines is 1. The van der Waals surface area contributed by atoms with Crippen molar-refractivity contribution >= 4 is 23.5 Å².